The van der Waals surface area contributed by atoms with Gasteiger partial charge in [-0.05, 0) is 20.4 Å². The Hall–Kier alpha value is -1.72. The van der Waals surface area contributed by atoms with Crippen LogP contribution in [0.3, 0.4) is 0 Å². The van der Waals surface area contributed by atoms with E-state index in [0.717, 1.165) is 0 Å². The van der Waals surface area contributed by atoms with Crippen molar-refractivity contribution in [1.82, 2.24) is 0 Å². The Morgan fingerprint density at radius 1 is 1.12 bits per heavy atom. The van der Waals surface area contributed by atoms with Gasteiger partial charge < -0.3 is 18.9 Å². The van der Waals surface area contributed by atoms with Gasteiger partial charge in [-0.1, -0.05) is 0 Å². The van der Waals surface area contributed by atoms with Crippen LogP contribution in [0.25, 0.3) is 0 Å². The van der Waals surface area contributed by atoms with E-state index in [0.29, 0.717) is 0 Å². The number of carbonyl (C=O) groups excluding carboxylic acids is 2. The first-order valence-corrected chi connectivity index (χ1v) is 4.95. The second-order valence-corrected chi connectivity index (χ2v) is 2.95. The number of rotatable bonds is 4. The van der Waals surface area contributed by atoms with Crippen molar-refractivity contribution in [1.29, 1.82) is 0 Å². The Labute approximate surface area is 93.1 Å². The molecule has 0 aromatic heterocycles. The molecule has 1 aliphatic rings. The maximum atomic E-state index is 11.4. The van der Waals surface area contributed by atoms with Gasteiger partial charge in [0.25, 0.3) is 5.95 Å². The summed E-state index contributed by atoms with van der Waals surface area (Å²) < 4.78 is 19.4. The van der Waals surface area contributed by atoms with Crippen LogP contribution in [0, 0.1) is 0 Å². The largest absolute Gasteiger partial charge is 0.463 e. The molecule has 0 N–H and O–H groups in total. The Morgan fingerprint density at radius 3 is 1.81 bits per heavy atom. The molecule has 16 heavy (non-hydrogen) atoms. The average Bonchev–Trinajstić information content (AvgIpc) is 2.61. The van der Waals surface area contributed by atoms with E-state index in [-0.39, 0.29) is 19.2 Å². The van der Waals surface area contributed by atoms with E-state index in [9.17, 15) is 9.59 Å². The van der Waals surface area contributed by atoms with Gasteiger partial charge in [-0.25, -0.2) is 9.59 Å². The highest BCUT2D eigenvalue weighted by molar-refractivity contribution is 5.86. The second-order valence-electron chi connectivity index (χ2n) is 2.95. The van der Waals surface area contributed by atoms with E-state index in [1.165, 1.54) is 0 Å². The average molecular weight is 230 g/mol. The first-order valence-electron chi connectivity index (χ1n) is 4.95. The van der Waals surface area contributed by atoms with Crippen LogP contribution in [0.1, 0.15) is 13.8 Å². The first kappa shape index (κ1) is 12.4. The minimum absolute atomic E-state index is 0.0869. The highest BCUT2D eigenvalue weighted by atomic mass is 16.7. The minimum atomic E-state index is -1.13. The fourth-order valence-corrected chi connectivity index (χ4v) is 1.23. The molecule has 6 heteroatoms. The minimum Gasteiger partial charge on any atom is -0.463 e. The molecule has 0 bridgehead atoms. The van der Waals surface area contributed by atoms with E-state index in [1.807, 2.05) is 0 Å². The van der Waals surface area contributed by atoms with Crippen LogP contribution in [0.2, 0.25) is 0 Å². The van der Waals surface area contributed by atoms with Gasteiger partial charge in [0.05, 0.1) is 13.2 Å². The van der Waals surface area contributed by atoms with Gasteiger partial charge in [-0.15, -0.1) is 0 Å². The van der Waals surface area contributed by atoms with Crippen molar-refractivity contribution in [3.05, 3.63) is 12.5 Å². The van der Waals surface area contributed by atoms with Crippen LogP contribution in [0.5, 0.6) is 0 Å². The molecular formula is C10H14O6. The number of carbonyl (C=O) groups is 2. The van der Waals surface area contributed by atoms with Crippen molar-refractivity contribution in [2.24, 2.45) is 0 Å². The van der Waals surface area contributed by atoms with E-state index >= 15 is 0 Å². The smallest absolute Gasteiger partial charge is 0.352 e. The molecule has 0 aromatic carbocycles. The van der Waals surface area contributed by atoms with Crippen LogP contribution < -0.4 is 0 Å². The van der Waals surface area contributed by atoms with E-state index in [4.69, 9.17) is 18.9 Å². The molecule has 0 saturated carbocycles. The van der Waals surface area contributed by atoms with Crippen molar-refractivity contribution < 1.29 is 28.5 Å². The molecule has 1 heterocycles. The summed E-state index contributed by atoms with van der Waals surface area (Å²) in [5.41, 5.74) is 0. The summed E-state index contributed by atoms with van der Waals surface area (Å²) in [6.07, 6.45) is -2.27. The molecule has 1 saturated heterocycles. The molecule has 1 rings (SSSR count). The summed E-state index contributed by atoms with van der Waals surface area (Å²) in [5, 5.41) is 0. The summed E-state index contributed by atoms with van der Waals surface area (Å²) in [6, 6.07) is 0. The van der Waals surface area contributed by atoms with Crippen LogP contribution in [-0.4, -0.2) is 37.4 Å². The molecule has 0 aliphatic carbocycles. The van der Waals surface area contributed by atoms with Gasteiger partial charge in [0, 0.05) is 0 Å². The lowest BCUT2D eigenvalue weighted by Gasteiger charge is -2.12. The Kier molecular flexibility index (Phi) is 4.16. The number of ether oxygens (including phenoxy) is 4. The molecular weight excluding hydrogens is 216 g/mol. The molecule has 90 valence electrons. The summed E-state index contributed by atoms with van der Waals surface area (Å²) in [4.78, 5) is 22.9. The standard InChI is InChI=1S/C10H14O6/c1-4-13-9(11)7-8(10(12)14-5-2)16-6(3)15-7/h7-8H,3-5H2,1-2H3. The number of esters is 2. The Morgan fingerprint density at radius 2 is 1.50 bits per heavy atom. The zero-order valence-corrected chi connectivity index (χ0v) is 9.23. The van der Waals surface area contributed by atoms with Gasteiger partial charge in [0.1, 0.15) is 0 Å². The van der Waals surface area contributed by atoms with Crippen LogP contribution >= 0.6 is 0 Å². The second kappa shape index (κ2) is 5.39. The maximum absolute atomic E-state index is 11.4. The number of hydrogen-bond acceptors (Lipinski definition) is 6. The molecule has 0 amide bonds. The molecule has 6 nitrogen and oxygen atoms in total. The summed E-state index contributed by atoms with van der Waals surface area (Å²) in [7, 11) is 0. The third kappa shape index (κ3) is 2.65. The monoisotopic (exact) mass is 230 g/mol. The van der Waals surface area contributed by atoms with E-state index in [2.05, 4.69) is 6.58 Å². The lowest BCUT2D eigenvalue weighted by atomic mass is 10.2. The quantitative estimate of drug-likeness (QED) is 0.650. The van der Waals surface area contributed by atoms with Gasteiger partial charge >= 0.3 is 11.9 Å². The fraction of sp³-hybridized carbons (Fsp3) is 0.600. The maximum Gasteiger partial charge on any atom is 0.352 e. The highest BCUT2D eigenvalue weighted by Crippen LogP contribution is 2.23. The molecule has 0 spiro atoms. The molecule has 2 unspecified atom stereocenters. The zero-order valence-electron chi connectivity index (χ0n) is 9.23. The third-order valence-electron chi connectivity index (χ3n) is 1.83. The normalized spacial score (nSPS) is 23.2. The first-order chi connectivity index (χ1) is 7.60. The van der Waals surface area contributed by atoms with Crippen molar-refractivity contribution in [2.45, 2.75) is 26.1 Å². The van der Waals surface area contributed by atoms with E-state index in [1.54, 1.807) is 13.8 Å². The summed E-state index contributed by atoms with van der Waals surface area (Å²) in [6.45, 7) is 7.08. The zero-order chi connectivity index (χ0) is 12.1. The van der Waals surface area contributed by atoms with Crippen molar-refractivity contribution in [2.75, 3.05) is 13.2 Å². The van der Waals surface area contributed by atoms with E-state index < -0.39 is 24.1 Å². The van der Waals surface area contributed by atoms with Gasteiger partial charge in [-0.2, -0.15) is 0 Å². The number of hydrogen-bond donors (Lipinski definition) is 0. The topological polar surface area (TPSA) is 71.1 Å². The van der Waals surface area contributed by atoms with Crippen LogP contribution in [0.4, 0.5) is 0 Å². The van der Waals surface area contributed by atoms with Crippen LogP contribution in [-0.2, 0) is 28.5 Å². The Balaban J connectivity index is 2.69. The van der Waals surface area contributed by atoms with Crippen molar-refractivity contribution >= 4 is 11.9 Å². The third-order valence-corrected chi connectivity index (χ3v) is 1.83. The van der Waals surface area contributed by atoms with Gasteiger partial charge in [-0.3, -0.25) is 0 Å². The van der Waals surface area contributed by atoms with Crippen LogP contribution in [0.15, 0.2) is 12.5 Å². The predicted octanol–water partition coefficient (Wildman–Crippen LogP) is 0.368. The SMILES string of the molecule is C=C1OC(C(=O)OCC)C(C(=O)OCC)O1. The predicted molar refractivity (Wildman–Crippen MR) is 52.2 cm³/mol. The Bertz CT molecular complexity index is 270. The van der Waals surface area contributed by atoms with Crippen molar-refractivity contribution in [3.8, 4) is 0 Å². The summed E-state index contributed by atoms with van der Waals surface area (Å²) >= 11 is 0. The molecule has 1 aliphatic heterocycles. The lowest BCUT2D eigenvalue weighted by molar-refractivity contribution is -0.163. The van der Waals surface area contributed by atoms with Gasteiger partial charge in [0.2, 0.25) is 12.2 Å². The molecule has 2 atom stereocenters. The van der Waals surface area contributed by atoms with Gasteiger partial charge in [0.15, 0.2) is 0 Å². The van der Waals surface area contributed by atoms with Crippen molar-refractivity contribution in [3.63, 3.8) is 0 Å². The molecule has 0 aromatic rings. The lowest BCUT2D eigenvalue weighted by Crippen LogP contribution is -2.39. The highest BCUT2D eigenvalue weighted by Gasteiger charge is 2.45. The molecule has 0 radical (unpaired) electrons. The fourth-order valence-electron chi connectivity index (χ4n) is 1.23. The molecule has 1 fully saturated rings. The summed E-state index contributed by atoms with van der Waals surface area (Å²) in [5.74, 6) is -1.42.